The lowest BCUT2D eigenvalue weighted by atomic mass is 10.2. The van der Waals surface area contributed by atoms with Crippen molar-refractivity contribution in [2.24, 2.45) is 7.05 Å². The Morgan fingerprint density at radius 1 is 1.17 bits per heavy atom. The first-order valence-electron chi connectivity index (χ1n) is 8.90. The summed E-state index contributed by atoms with van der Waals surface area (Å²) < 4.78 is 8.19. The number of rotatable bonds is 5. The molecule has 0 saturated carbocycles. The molecule has 3 aromatic heterocycles. The highest BCUT2D eigenvalue weighted by atomic mass is 16.3. The van der Waals surface area contributed by atoms with Gasteiger partial charge in [-0.05, 0) is 24.3 Å². The molecule has 4 aromatic rings. The third-order valence-electron chi connectivity index (χ3n) is 4.43. The predicted octanol–water partition coefficient (Wildman–Crippen LogP) is 1.18. The minimum Gasteiger partial charge on any atom is -0.451 e. The maximum Gasteiger partial charge on any atom is 0.345 e. The van der Waals surface area contributed by atoms with Crippen LogP contribution in [0.1, 0.15) is 10.6 Å². The van der Waals surface area contributed by atoms with E-state index >= 15 is 0 Å². The minimum atomic E-state index is -0.538. The van der Waals surface area contributed by atoms with E-state index < -0.39 is 5.91 Å². The molecule has 1 amide bonds. The van der Waals surface area contributed by atoms with Crippen molar-refractivity contribution in [3.8, 4) is 11.4 Å². The van der Waals surface area contributed by atoms with Crippen molar-refractivity contribution in [3.63, 3.8) is 0 Å². The largest absolute Gasteiger partial charge is 0.451 e. The number of fused-ring (bicyclic) bond motifs is 1. The van der Waals surface area contributed by atoms with E-state index in [1.165, 1.54) is 9.25 Å². The molecule has 29 heavy (non-hydrogen) atoms. The molecule has 0 bridgehead atoms. The Kier molecular flexibility index (Phi) is 4.78. The number of benzene rings is 1. The minimum absolute atomic E-state index is 0.0851. The zero-order valence-electron chi connectivity index (χ0n) is 15.5. The van der Waals surface area contributed by atoms with Gasteiger partial charge in [0.15, 0.2) is 17.0 Å². The van der Waals surface area contributed by atoms with Gasteiger partial charge in [0, 0.05) is 37.6 Å². The summed E-state index contributed by atoms with van der Waals surface area (Å²) in [6.45, 7) is 0.301. The fourth-order valence-corrected chi connectivity index (χ4v) is 2.96. The van der Waals surface area contributed by atoms with Crippen LogP contribution in [-0.2, 0) is 13.6 Å². The highest BCUT2D eigenvalue weighted by molar-refractivity contribution is 5.93. The first-order valence-corrected chi connectivity index (χ1v) is 8.90. The Morgan fingerprint density at radius 3 is 2.79 bits per heavy atom. The summed E-state index contributed by atoms with van der Waals surface area (Å²) in [5.41, 5.74) is 0.453. The second-order valence-corrected chi connectivity index (χ2v) is 6.36. The SMILES string of the molecule is Cn1c(-c2cccnc2)nn(CCNC(=O)c2cc(=O)c3ccccc3o2)c1=O. The fraction of sp³-hybridized carbons (Fsp3) is 0.150. The lowest BCUT2D eigenvalue weighted by molar-refractivity contribution is 0.0924. The average molecular weight is 391 g/mol. The Labute approximate surface area is 164 Å². The van der Waals surface area contributed by atoms with Crippen molar-refractivity contribution in [1.29, 1.82) is 0 Å². The van der Waals surface area contributed by atoms with Gasteiger partial charge in [-0.15, -0.1) is 5.10 Å². The molecule has 1 aromatic carbocycles. The summed E-state index contributed by atoms with van der Waals surface area (Å²) in [5, 5.41) is 7.36. The summed E-state index contributed by atoms with van der Waals surface area (Å²) >= 11 is 0. The van der Waals surface area contributed by atoms with E-state index in [1.54, 1.807) is 49.8 Å². The first kappa shape index (κ1) is 18.4. The van der Waals surface area contributed by atoms with Crippen LogP contribution in [0.3, 0.4) is 0 Å². The van der Waals surface area contributed by atoms with E-state index in [9.17, 15) is 14.4 Å². The number of carbonyl (C=O) groups is 1. The summed E-state index contributed by atoms with van der Waals surface area (Å²) in [7, 11) is 1.62. The van der Waals surface area contributed by atoms with E-state index in [2.05, 4.69) is 15.4 Å². The van der Waals surface area contributed by atoms with Gasteiger partial charge in [-0.2, -0.15) is 0 Å². The fourth-order valence-electron chi connectivity index (χ4n) is 2.96. The summed E-state index contributed by atoms with van der Waals surface area (Å²) in [6, 6.07) is 11.4. The molecule has 4 rings (SSSR count). The summed E-state index contributed by atoms with van der Waals surface area (Å²) in [5.74, 6) is -0.141. The number of nitrogens with zero attached hydrogens (tertiary/aromatic N) is 4. The van der Waals surface area contributed by atoms with Crippen LogP contribution in [0.2, 0.25) is 0 Å². The first-order chi connectivity index (χ1) is 14.0. The van der Waals surface area contributed by atoms with Crippen molar-refractivity contribution in [2.45, 2.75) is 6.54 Å². The lowest BCUT2D eigenvalue weighted by Crippen LogP contribution is -2.32. The molecule has 9 heteroatoms. The van der Waals surface area contributed by atoms with Crippen LogP contribution in [0.5, 0.6) is 0 Å². The zero-order chi connectivity index (χ0) is 20.4. The van der Waals surface area contributed by atoms with Gasteiger partial charge in [-0.1, -0.05) is 12.1 Å². The van der Waals surface area contributed by atoms with Gasteiger partial charge in [-0.3, -0.25) is 19.1 Å². The number of carbonyl (C=O) groups excluding carboxylic acids is 1. The summed E-state index contributed by atoms with van der Waals surface area (Å²) in [6.07, 6.45) is 3.26. The Hall–Kier alpha value is -4.01. The van der Waals surface area contributed by atoms with E-state index in [4.69, 9.17) is 4.42 Å². The van der Waals surface area contributed by atoms with E-state index in [0.717, 1.165) is 6.07 Å². The van der Waals surface area contributed by atoms with Crippen LogP contribution < -0.4 is 16.4 Å². The second kappa shape index (κ2) is 7.55. The Balaban J connectivity index is 1.48. The molecule has 146 valence electrons. The molecule has 0 atom stereocenters. The van der Waals surface area contributed by atoms with E-state index in [1.807, 2.05) is 6.07 Å². The number of hydrogen-bond acceptors (Lipinski definition) is 6. The van der Waals surface area contributed by atoms with Crippen LogP contribution in [0.4, 0.5) is 0 Å². The molecule has 0 saturated heterocycles. The van der Waals surface area contributed by atoms with Gasteiger partial charge in [0.2, 0.25) is 0 Å². The molecule has 0 spiro atoms. The standard InChI is InChI=1S/C20H17N5O4/c1-24-18(13-5-4-8-21-12-13)23-25(20(24)28)10-9-22-19(27)17-11-15(26)14-6-2-3-7-16(14)29-17/h2-8,11-12H,9-10H2,1H3,(H,22,27). The molecule has 0 radical (unpaired) electrons. The number of nitrogens with one attached hydrogen (secondary N) is 1. The van der Waals surface area contributed by atoms with Gasteiger partial charge < -0.3 is 9.73 Å². The smallest absolute Gasteiger partial charge is 0.345 e. The molecule has 0 aliphatic rings. The zero-order valence-corrected chi connectivity index (χ0v) is 15.5. The van der Waals surface area contributed by atoms with Crippen molar-refractivity contribution >= 4 is 16.9 Å². The van der Waals surface area contributed by atoms with Crippen molar-refractivity contribution in [1.82, 2.24) is 24.6 Å². The number of pyridine rings is 1. The molecular formula is C20H17N5O4. The number of para-hydroxylation sites is 1. The van der Waals surface area contributed by atoms with Gasteiger partial charge in [0.25, 0.3) is 5.91 Å². The molecule has 0 fully saturated rings. The number of hydrogen-bond donors (Lipinski definition) is 1. The number of aromatic nitrogens is 4. The van der Waals surface area contributed by atoms with Gasteiger partial charge in [0.05, 0.1) is 11.9 Å². The Bertz CT molecular complexity index is 1300. The van der Waals surface area contributed by atoms with E-state index in [0.29, 0.717) is 22.4 Å². The molecule has 0 unspecified atom stereocenters. The molecule has 9 nitrogen and oxygen atoms in total. The highest BCUT2D eigenvalue weighted by Gasteiger charge is 2.14. The van der Waals surface area contributed by atoms with Crippen LogP contribution in [0, 0.1) is 0 Å². The van der Waals surface area contributed by atoms with Crippen molar-refractivity contribution in [3.05, 3.63) is 81.3 Å². The number of amides is 1. The van der Waals surface area contributed by atoms with Crippen LogP contribution in [-0.4, -0.2) is 31.8 Å². The normalized spacial score (nSPS) is 10.9. The maximum atomic E-state index is 12.4. The lowest BCUT2D eigenvalue weighted by Gasteiger charge is -2.05. The van der Waals surface area contributed by atoms with Crippen molar-refractivity contribution < 1.29 is 9.21 Å². The van der Waals surface area contributed by atoms with Gasteiger partial charge in [-0.25, -0.2) is 9.48 Å². The Morgan fingerprint density at radius 2 is 2.00 bits per heavy atom. The molecule has 0 aliphatic carbocycles. The molecule has 1 N–H and O–H groups in total. The third kappa shape index (κ3) is 3.57. The topological polar surface area (TPSA) is 112 Å². The molecule has 0 aliphatic heterocycles. The van der Waals surface area contributed by atoms with Crippen molar-refractivity contribution in [2.75, 3.05) is 6.54 Å². The predicted molar refractivity (Wildman–Crippen MR) is 106 cm³/mol. The quantitative estimate of drug-likeness (QED) is 0.547. The second-order valence-electron chi connectivity index (χ2n) is 6.36. The average Bonchev–Trinajstić information content (AvgIpc) is 3.03. The monoisotopic (exact) mass is 391 g/mol. The highest BCUT2D eigenvalue weighted by Crippen LogP contribution is 2.13. The van der Waals surface area contributed by atoms with Crippen LogP contribution in [0.15, 0.2) is 68.9 Å². The van der Waals surface area contributed by atoms with Gasteiger partial charge in [0.1, 0.15) is 5.58 Å². The maximum absolute atomic E-state index is 12.4. The van der Waals surface area contributed by atoms with E-state index in [-0.39, 0.29) is 30.0 Å². The molecular weight excluding hydrogens is 374 g/mol. The third-order valence-corrected chi connectivity index (χ3v) is 4.43. The van der Waals surface area contributed by atoms with Gasteiger partial charge >= 0.3 is 5.69 Å². The van der Waals surface area contributed by atoms with Crippen LogP contribution in [0.25, 0.3) is 22.4 Å². The molecule has 3 heterocycles. The van der Waals surface area contributed by atoms with Crippen LogP contribution >= 0.6 is 0 Å². The summed E-state index contributed by atoms with van der Waals surface area (Å²) in [4.78, 5) is 40.9.